The number of aliphatic carboxylic acids is 1. The molecule has 2 nitrogen and oxygen atoms in total. The summed E-state index contributed by atoms with van der Waals surface area (Å²) in [4.78, 5) is 10.1. The molecule has 3 heteroatoms. The van der Waals surface area contributed by atoms with Gasteiger partial charge in [-0.2, -0.15) is 0 Å². The maximum atomic E-state index is 10.1. The molecule has 0 saturated carbocycles. The molecule has 62 valence electrons. The zero-order chi connectivity index (χ0) is 8.20. The van der Waals surface area contributed by atoms with Gasteiger partial charge in [0, 0.05) is 6.42 Å². The summed E-state index contributed by atoms with van der Waals surface area (Å²) < 4.78 is 0. The fourth-order valence-electron chi connectivity index (χ4n) is 0.770. The third-order valence-corrected chi connectivity index (χ3v) is 1.32. The molecule has 11 heavy (non-hydrogen) atoms. The minimum atomic E-state index is -0.691. The van der Waals surface area contributed by atoms with E-state index < -0.39 is 5.97 Å². The van der Waals surface area contributed by atoms with Crippen molar-refractivity contribution in [2.45, 2.75) is 40.0 Å². The van der Waals surface area contributed by atoms with Gasteiger partial charge in [-0.1, -0.05) is 20.8 Å². The van der Waals surface area contributed by atoms with Gasteiger partial charge in [0.1, 0.15) is 0 Å². The average Bonchev–Trinajstić information content (AvgIpc) is 1.59. The quantitative estimate of drug-likeness (QED) is 0.624. The van der Waals surface area contributed by atoms with Crippen LogP contribution in [0.2, 0.25) is 0 Å². The van der Waals surface area contributed by atoms with Crippen molar-refractivity contribution in [3.05, 3.63) is 0 Å². The van der Waals surface area contributed by atoms with Crippen molar-refractivity contribution in [1.82, 2.24) is 0 Å². The molecule has 0 amide bonds. The third-order valence-electron chi connectivity index (χ3n) is 1.32. The number of hydrogen-bond acceptors (Lipinski definition) is 1. The van der Waals surface area contributed by atoms with E-state index in [4.69, 9.17) is 5.11 Å². The second-order valence-corrected chi connectivity index (χ2v) is 3.81. The summed E-state index contributed by atoms with van der Waals surface area (Å²) in [6.07, 6.45) is 2.08. The Hall–Kier alpha value is 0.0674. The van der Waals surface area contributed by atoms with E-state index in [0.717, 1.165) is 12.8 Å². The van der Waals surface area contributed by atoms with Gasteiger partial charge in [0.05, 0.1) is 0 Å². The van der Waals surface area contributed by atoms with Crippen LogP contribution in [0.25, 0.3) is 0 Å². The number of carboxylic acid groups (broad SMARTS) is 1. The standard InChI is InChI=1S/C8H16O2.Li.H/c1-8(2,3)6-4-5-7(9)10;;/h4-6H2,1-3H3,(H,9,10);;. The first-order chi connectivity index (χ1) is 4.42. The van der Waals surface area contributed by atoms with Crippen LogP contribution in [-0.2, 0) is 4.79 Å². The van der Waals surface area contributed by atoms with Crippen molar-refractivity contribution < 1.29 is 9.90 Å². The fourth-order valence-corrected chi connectivity index (χ4v) is 0.770. The Balaban J connectivity index is 0. The number of carboxylic acids is 1. The second-order valence-electron chi connectivity index (χ2n) is 3.81. The van der Waals surface area contributed by atoms with Crippen LogP contribution in [0.5, 0.6) is 0 Å². The molecule has 0 saturated heterocycles. The van der Waals surface area contributed by atoms with Gasteiger partial charge in [-0.05, 0) is 18.3 Å². The van der Waals surface area contributed by atoms with Gasteiger partial charge in [-0.3, -0.25) is 4.79 Å². The predicted octanol–water partition coefficient (Wildman–Crippen LogP) is 1.64. The van der Waals surface area contributed by atoms with Crippen LogP contribution >= 0.6 is 0 Å². The Labute approximate surface area is 80.5 Å². The molecule has 0 rings (SSSR count). The van der Waals surface area contributed by atoms with Crippen molar-refractivity contribution >= 4 is 24.8 Å². The monoisotopic (exact) mass is 152 g/mol. The molecule has 0 spiro atoms. The zero-order valence-electron chi connectivity index (χ0n) is 6.98. The van der Waals surface area contributed by atoms with E-state index >= 15 is 0 Å². The first-order valence-corrected chi connectivity index (χ1v) is 3.63. The molecule has 0 aliphatic heterocycles. The summed E-state index contributed by atoms with van der Waals surface area (Å²) in [6, 6.07) is 0. The molecule has 0 aliphatic carbocycles. The fraction of sp³-hybridized carbons (Fsp3) is 0.875. The van der Waals surface area contributed by atoms with Crippen molar-refractivity contribution in [2.75, 3.05) is 0 Å². The van der Waals surface area contributed by atoms with Crippen LogP contribution in [0.15, 0.2) is 0 Å². The maximum absolute atomic E-state index is 10.1. The number of hydrogen-bond donors (Lipinski definition) is 1. The summed E-state index contributed by atoms with van der Waals surface area (Å²) in [5, 5.41) is 8.31. The van der Waals surface area contributed by atoms with E-state index in [-0.39, 0.29) is 24.3 Å². The Bertz CT molecular complexity index is 116. The molecule has 0 unspecified atom stereocenters. The molecule has 0 aromatic heterocycles. The molecule has 0 aromatic carbocycles. The summed E-state index contributed by atoms with van der Waals surface area (Å²) in [5.41, 5.74) is 0.273. The van der Waals surface area contributed by atoms with Gasteiger partial charge in [-0.15, -0.1) is 0 Å². The van der Waals surface area contributed by atoms with Crippen molar-refractivity contribution in [3.8, 4) is 0 Å². The first kappa shape index (κ1) is 13.6. The van der Waals surface area contributed by atoms with Crippen molar-refractivity contribution in [2.24, 2.45) is 5.41 Å². The van der Waals surface area contributed by atoms with Crippen LogP contribution in [-0.4, -0.2) is 29.9 Å². The van der Waals surface area contributed by atoms with Crippen LogP contribution in [0, 0.1) is 5.41 Å². The third kappa shape index (κ3) is 13.1. The van der Waals surface area contributed by atoms with Crippen molar-refractivity contribution in [3.63, 3.8) is 0 Å². The summed E-state index contributed by atoms with van der Waals surface area (Å²) >= 11 is 0. The molecule has 0 atom stereocenters. The number of carbonyl (C=O) groups is 1. The van der Waals surface area contributed by atoms with Crippen LogP contribution in [0.3, 0.4) is 0 Å². The van der Waals surface area contributed by atoms with Gasteiger partial charge < -0.3 is 5.11 Å². The van der Waals surface area contributed by atoms with Gasteiger partial charge in [0.2, 0.25) is 0 Å². The minimum absolute atomic E-state index is 0. The van der Waals surface area contributed by atoms with E-state index in [1.165, 1.54) is 0 Å². The van der Waals surface area contributed by atoms with Crippen LogP contribution < -0.4 is 0 Å². The van der Waals surface area contributed by atoms with Gasteiger partial charge in [0.25, 0.3) is 0 Å². The van der Waals surface area contributed by atoms with E-state index in [1.807, 2.05) is 0 Å². The summed E-state index contributed by atoms with van der Waals surface area (Å²) in [6.45, 7) is 6.36. The van der Waals surface area contributed by atoms with E-state index in [1.54, 1.807) is 0 Å². The molecule has 0 fully saturated rings. The second kappa shape index (κ2) is 5.68. The molecule has 0 bridgehead atoms. The molecule has 1 N–H and O–H groups in total. The van der Waals surface area contributed by atoms with E-state index in [0.29, 0.717) is 6.42 Å². The Morgan fingerprint density at radius 3 is 2.09 bits per heavy atom. The SMILES string of the molecule is CC(C)(C)CCCC(=O)O.[LiH]. The Morgan fingerprint density at radius 1 is 1.36 bits per heavy atom. The Morgan fingerprint density at radius 2 is 1.82 bits per heavy atom. The molecule has 0 aliphatic rings. The molecular formula is C8H17LiO2. The molecule has 0 radical (unpaired) electrons. The zero-order valence-corrected chi connectivity index (χ0v) is 6.98. The van der Waals surface area contributed by atoms with Crippen molar-refractivity contribution in [1.29, 1.82) is 0 Å². The summed E-state index contributed by atoms with van der Waals surface area (Å²) in [5.74, 6) is -0.691. The number of rotatable bonds is 3. The Kier molecular flexibility index (Phi) is 7.05. The predicted molar refractivity (Wildman–Crippen MR) is 48.1 cm³/mol. The normalized spacial score (nSPS) is 10.5. The van der Waals surface area contributed by atoms with E-state index in [2.05, 4.69) is 20.8 Å². The van der Waals surface area contributed by atoms with Gasteiger partial charge in [-0.25, -0.2) is 0 Å². The summed E-state index contributed by atoms with van der Waals surface area (Å²) in [7, 11) is 0. The average molecular weight is 152 g/mol. The first-order valence-electron chi connectivity index (χ1n) is 3.63. The van der Waals surface area contributed by atoms with E-state index in [9.17, 15) is 4.79 Å². The van der Waals surface area contributed by atoms with Crippen LogP contribution in [0.4, 0.5) is 0 Å². The molecule has 0 aromatic rings. The molecule has 0 heterocycles. The topological polar surface area (TPSA) is 37.3 Å². The van der Waals surface area contributed by atoms with Gasteiger partial charge >= 0.3 is 24.8 Å². The molecular weight excluding hydrogens is 135 g/mol. The van der Waals surface area contributed by atoms with Gasteiger partial charge in [0.15, 0.2) is 0 Å². The van der Waals surface area contributed by atoms with Crippen LogP contribution in [0.1, 0.15) is 40.0 Å².